The number of aromatic nitrogens is 2. The molecule has 0 aliphatic heterocycles. The molecule has 1 aliphatic carbocycles. The van der Waals surface area contributed by atoms with Gasteiger partial charge in [0.1, 0.15) is 22.3 Å². The molecule has 32 heavy (non-hydrogen) atoms. The number of hydrogen-bond acceptors (Lipinski definition) is 6. The number of nitrogens with one attached hydrogen (secondary N) is 2. The van der Waals surface area contributed by atoms with E-state index >= 15 is 0 Å². The number of aliphatic imine (C=N–C) groups is 1. The van der Waals surface area contributed by atoms with E-state index in [4.69, 9.17) is 0 Å². The minimum absolute atomic E-state index is 0.171. The molecule has 2 aromatic rings. The van der Waals surface area contributed by atoms with Crippen molar-refractivity contribution in [1.82, 2.24) is 15.3 Å². The molecule has 1 amide bonds. The lowest BCUT2D eigenvalue weighted by Gasteiger charge is -2.31. The first-order chi connectivity index (χ1) is 15.3. The van der Waals surface area contributed by atoms with Gasteiger partial charge in [-0.25, -0.2) is 14.4 Å². The van der Waals surface area contributed by atoms with E-state index < -0.39 is 5.54 Å². The molecule has 8 heteroatoms. The van der Waals surface area contributed by atoms with Crippen LogP contribution in [0.2, 0.25) is 0 Å². The van der Waals surface area contributed by atoms with Gasteiger partial charge in [-0.2, -0.15) is 0 Å². The molecule has 168 valence electrons. The Morgan fingerprint density at radius 1 is 1.28 bits per heavy atom. The number of nitrogens with zero attached hydrogens (tertiary/aromatic N) is 3. The maximum Gasteiger partial charge on any atom is 0.269 e. The van der Waals surface area contributed by atoms with E-state index in [-0.39, 0.29) is 11.7 Å². The van der Waals surface area contributed by atoms with Crippen LogP contribution in [0.4, 0.5) is 10.2 Å². The van der Waals surface area contributed by atoms with Crippen LogP contribution in [0.3, 0.4) is 0 Å². The van der Waals surface area contributed by atoms with Crippen molar-refractivity contribution in [1.29, 1.82) is 0 Å². The Kier molecular flexibility index (Phi) is 7.69. The summed E-state index contributed by atoms with van der Waals surface area (Å²) < 4.78 is 14.2. The van der Waals surface area contributed by atoms with E-state index in [2.05, 4.69) is 25.6 Å². The first kappa shape index (κ1) is 23.5. The third-order valence-electron chi connectivity index (χ3n) is 5.07. The summed E-state index contributed by atoms with van der Waals surface area (Å²) in [6.45, 7) is 7.85. The number of carbonyl (C=O) groups excluding carboxylic acids is 1. The van der Waals surface area contributed by atoms with Crippen molar-refractivity contribution in [3.05, 3.63) is 64.7 Å². The van der Waals surface area contributed by atoms with Gasteiger partial charge < -0.3 is 10.6 Å². The largest absolute Gasteiger partial charge is 0.361 e. The van der Waals surface area contributed by atoms with Gasteiger partial charge >= 0.3 is 0 Å². The van der Waals surface area contributed by atoms with Gasteiger partial charge in [-0.3, -0.25) is 9.79 Å². The quantitative estimate of drug-likeness (QED) is 0.404. The van der Waals surface area contributed by atoms with Crippen LogP contribution in [-0.4, -0.2) is 27.6 Å². The maximum atomic E-state index is 14.2. The van der Waals surface area contributed by atoms with Gasteiger partial charge in [0, 0.05) is 29.0 Å². The molecule has 2 aromatic heterocycles. The van der Waals surface area contributed by atoms with Gasteiger partial charge in [0.2, 0.25) is 0 Å². The molecule has 1 aliphatic rings. The third-order valence-corrected chi connectivity index (χ3v) is 6.12. The Labute approximate surface area is 192 Å². The highest BCUT2D eigenvalue weighted by molar-refractivity contribution is 7.15. The van der Waals surface area contributed by atoms with Crippen molar-refractivity contribution < 1.29 is 9.18 Å². The zero-order chi connectivity index (χ0) is 23.1. The molecule has 0 atom stereocenters. The number of rotatable bonds is 8. The smallest absolute Gasteiger partial charge is 0.269 e. The van der Waals surface area contributed by atoms with Gasteiger partial charge in [-0.15, -0.1) is 11.3 Å². The summed E-state index contributed by atoms with van der Waals surface area (Å²) in [6.07, 6.45) is 11.7. The Morgan fingerprint density at radius 3 is 2.75 bits per heavy atom. The molecule has 0 fully saturated rings. The van der Waals surface area contributed by atoms with E-state index in [1.165, 1.54) is 17.4 Å². The zero-order valence-electron chi connectivity index (χ0n) is 18.8. The van der Waals surface area contributed by atoms with Gasteiger partial charge in [-0.05, 0) is 64.3 Å². The average molecular weight is 454 g/mol. The first-order valence-electron chi connectivity index (χ1n) is 10.5. The summed E-state index contributed by atoms with van der Waals surface area (Å²) >= 11 is 1.49. The van der Waals surface area contributed by atoms with E-state index in [0.717, 1.165) is 27.4 Å². The minimum atomic E-state index is -0.538. The predicted octanol–water partition coefficient (Wildman–Crippen LogP) is 5.58. The molecule has 2 heterocycles. The number of carbonyl (C=O) groups is 1. The van der Waals surface area contributed by atoms with Crippen LogP contribution in [0, 0.1) is 0 Å². The second-order valence-electron chi connectivity index (χ2n) is 7.83. The molecule has 0 spiro atoms. The molecule has 0 aromatic carbocycles. The van der Waals surface area contributed by atoms with Crippen LogP contribution >= 0.6 is 11.3 Å². The Bertz CT molecular complexity index is 1080. The van der Waals surface area contributed by atoms with Gasteiger partial charge in [-0.1, -0.05) is 12.2 Å². The molecule has 0 bridgehead atoms. The minimum Gasteiger partial charge on any atom is -0.361 e. The first-order valence-corrected chi connectivity index (χ1v) is 11.3. The fraction of sp³-hybridized carbons (Fsp3) is 0.333. The molecule has 0 saturated carbocycles. The molecule has 0 unspecified atom stereocenters. The molecule has 3 rings (SSSR count). The fourth-order valence-electron chi connectivity index (χ4n) is 3.42. The average Bonchev–Trinajstić information content (AvgIpc) is 3.25. The van der Waals surface area contributed by atoms with Gasteiger partial charge in [0.25, 0.3) is 5.91 Å². The SMILES string of the molecule is CC=NC(=CC)C(=O)NCc1cnc(-c2ccc(NC(C)(C)C3=C(F)C=CCC3)nc2)s1. The van der Waals surface area contributed by atoms with Crippen molar-refractivity contribution in [2.24, 2.45) is 4.99 Å². The van der Waals surface area contributed by atoms with Crippen LogP contribution in [0.1, 0.15) is 45.4 Å². The summed E-state index contributed by atoms with van der Waals surface area (Å²) in [6, 6.07) is 3.81. The standard InChI is InChI=1S/C24H28FN5OS/c1-5-20(26-6-2)22(31)28-14-17-15-29-23(32-17)16-11-12-21(27-13-16)30-24(3,4)18-9-7-8-10-19(18)25/h5-6,8,10-13,15H,7,9,14H2,1-4H3,(H,27,30)(H,28,31). The molecule has 0 saturated heterocycles. The summed E-state index contributed by atoms with van der Waals surface area (Å²) in [5, 5.41) is 7.01. The maximum absolute atomic E-state index is 14.2. The lowest BCUT2D eigenvalue weighted by molar-refractivity contribution is -0.117. The highest BCUT2D eigenvalue weighted by atomic mass is 32.1. The zero-order valence-corrected chi connectivity index (χ0v) is 19.6. The predicted molar refractivity (Wildman–Crippen MR) is 129 cm³/mol. The second kappa shape index (κ2) is 10.5. The second-order valence-corrected chi connectivity index (χ2v) is 8.94. The number of allylic oxidation sites excluding steroid dienone is 4. The molecule has 2 N–H and O–H groups in total. The van der Waals surface area contributed by atoms with Gasteiger partial charge in [0.05, 0.1) is 12.1 Å². The summed E-state index contributed by atoms with van der Waals surface area (Å²) in [5.41, 5.74) is 1.48. The molecular weight excluding hydrogens is 425 g/mol. The Morgan fingerprint density at radius 2 is 2.09 bits per heavy atom. The fourth-order valence-corrected chi connectivity index (χ4v) is 4.26. The number of anilines is 1. The molecule has 6 nitrogen and oxygen atoms in total. The number of pyridine rings is 1. The third kappa shape index (κ3) is 5.76. The summed E-state index contributed by atoms with van der Waals surface area (Å²) in [4.78, 5) is 26.1. The summed E-state index contributed by atoms with van der Waals surface area (Å²) in [5.74, 6) is 0.282. The molecular formula is C24H28FN5OS. The van der Waals surface area contributed by atoms with Crippen molar-refractivity contribution in [2.45, 2.75) is 52.6 Å². The van der Waals surface area contributed by atoms with Crippen LogP contribution in [0.5, 0.6) is 0 Å². The van der Waals surface area contributed by atoms with Gasteiger partial charge in [0.15, 0.2) is 0 Å². The van der Waals surface area contributed by atoms with Crippen molar-refractivity contribution in [3.63, 3.8) is 0 Å². The highest BCUT2D eigenvalue weighted by Gasteiger charge is 2.27. The topological polar surface area (TPSA) is 79.3 Å². The lowest BCUT2D eigenvalue weighted by atomic mass is 9.87. The van der Waals surface area contributed by atoms with Crippen LogP contribution in [0.25, 0.3) is 10.6 Å². The number of halogens is 1. The van der Waals surface area contributed by atoms with E-state index in [9.17, 15) is 9.18 Å². The number of amides is 1. The summed E-state index contributed by atoms with van der Waals surface area (Å²) in [7, 11) is 0. The van der Waals surface area contributed by atoms with E-state index in [1.54, 1.807) is 38.5 Å². The van der Waals surface area contributed by atoms with Crippen molar-refractivity contribution >= 4 is 29.3 Å². The lowest BCUT2D eigenvalue weighted by Crippen LogP contribution is -2.34. The van der Waals surface area contributed by atoms with Crippen LogP contribution < -0.4 is 10.6 Å². The number of thiazole rings is 1. The normalized spacial score (nSPS) is 14.8. The Balaban J connectivity index is 1.64. The number of hydrogen-bond donors (Lipinski definition) is 2. The van der Waals surface area contributed by atoms with E-state index in [0.29, 0.717) is 24.5 Å². The Hall–Kier alpha value is -3.13. The molecule has 0 radical (unpaired) electrons. The monoisotopic (exact) mass is 453 g/mol. The van der Waals surface area contributed by atoms with Crippen LogP contribution in [0.15, 0.2) is 64.8 Å². The van der Waals surface area contributed by atoms with E-state index in [1.807, 2.05) is 32.1 Å². The van der Waals surface area contributed by atoms with Crippen molar-refractivity contribution in [2.75, 3.05) is 5.32 Å². The van der Waals surface area contributed by atoms with Crippen molar-refractivity contribution in [3.8, 4) is 10.6 Å². The van der Waals surface area contributed by atoms with Crippen LogP contribution in [-0.2, 0) is 11.3 Å². The highest BCUT2D eigenvalue weighted by Crippen LogP contribution is 2.32.